The van der Waals surface area contributed by atoms with Crippen LogP contribution in [-0.2, 0) is 9.47 Å². The zero-order valence-electron chi connectivity index (χ0n) is 15.7. The van der Waals surface area contributed by atoms with Gasteiger partial charge in [-0.05, 0) is 45.7 Å². The van der Waals surface area contributed by atoms with E-state index in [-0.39, 0.29) is 29.9 Å². The van der Waals surface area contributed by atoms with E-state index in [0.717, 1.165) is 0 Å². The molecule has 1 aromatic rings. The summed E-state index contributed by atoms with van der Waals surface area (Å²) in [5.74, 6) is 0.162. The number of fused-ring (bicyclic) bond motifs is 2. The van der Waals surface area contributed by atoms with Gasteiger partial charge in [-0.15, -0.1) is 0 Å². The van der Waals surface area contributed by atoms with Gasteiger partial charge in [0.05, 0.1) is 38.0 Å². The maximum Gasteiger partial charge on any atom is 0.410 e. The van der Waals surface area contributed by atoms with Crippen LogP contribution in [0.5, 0.6) is 5.88 Å². The first-order valence-corrected chi connectivity index (χ1v) is 8.92. The van der Waals surface area contributed by atoms with Crippen molar-refractivity contribution in [3.05, 3.63) is 23.9 Å². The quantitative estimate of drug-likeness (QED) is 0.770. The summed E-state index contributed by atoms with van der Waals surface area (Å²) in [5, 5.41) is 0. The summed E-state index contributed by atoms with van der Waals surface area (Å²) in [6, 6.07) is 3.15. The van der Waals surface area contributed by atoms with Gasteiger partial charge in [-0.1, -0.05) is 0 Å². The number of morpholine rings is 1. The van der Waals surface area contributed by atoms with Crippen molar-refractivity contribution in [3.8, 4) is 5.88 Å². The van der Waals surface area contributed by atoms with Crippen molar-refractivity contribution in [3.63, 3.8) is 0 Å². The molecule has 1 aromatic heterocycles. The number of hydrogen-bond donors (Lipinski definition) is 0. The summed E-state index contributed by atoms with van der Waals surface area (Å²) in [6.45, 7) is 6.39. The third-order valence-corrected chi connectivity index (χ3v) is 4.73. The molecule has 2 unspecified atom stereocenters. The van der Waals surface area contributed by atoms with Gasteiger partial charge in [0.15, 0.2) is 5.78 Å². The molecular weight excluding hydrogens is 336 g/mol. The Morgan fingerprint density at radius 3 is 2.46 bits per heavy atom. The molecule has 0 aliphatic carbocycles. The van der Waals surface area contributed by atoms with E-state index in [1.807, 2.05) is 20.8 Å². The van der Waals surface area contributed by atoms with E-state index >= 15 is 0 Å². The SMILES string of the molecule is COc1ncccc1C(=O)C1CC2COCC(C1)N2C(=O)OC(C)(C)C. The Balaban J connectivity index is 1.77. The fourth-order valence-corrected chi connectivity index (χ4v) is 3.70. The molecule has 2 bridgehead atoms. The highest BCUT2D eigenvalue weighted by molar-refractivity contribution is 6.00. The first-order chi connectivity index (χ1) is 12.3. The molecule has 0 radical (unpaired) electrons. The molecule has 7 heteroatoms. The van der Waals surface area contributed by atoms with Gasteiger partial charge in [0.1, 0.15) is 5.60 Å². The van der Waals surface area contributed by atoms with Crippen LogP contribution < -0.4 is 4.74 Å². The lowest BCUT2D eigenvalue weighted by Crippen LogP contribution is -2.60. The van der Waals surface area contributed by atoms with Crippen molar-refractivity contribution in [1.82, 2.24) is 9.88 Å². The van der Waals surface area contributed by atoms with E-state index in [9.17, 15) is 9.59 Å². The van der Waals surface area contributed by atoms with Gasteiger partial charge in [0, 0.05) is 12.1 Å². The lowest BCUT2D eigenvalue weighted by Gasteiger charge is -2.47. The summed E-state index contributed by atoms with van der Waals surface area (Å²) < 4.78 is 16.4. The average molecular weight is 362 g/mol. The highest BCUT2D eigenvalue weighted by atomic mass is 16.6. The second kappa shape index (κ2) is 7.23. The van der Waals surface area contributed by atoms with Crippen molar-refractivity contribution in [2.75, 3.05) is 20.3 Å². The Kier molecular flexibility index (Phi) is 5.18. The van der Waals surface area contributed by atoms with Crippen LogP contribution in [0.15, 0.2) is 18.3 Å². The van der Waals surface area contributed by atoms with Crippen molar-refractivity contribution in [2.45, 2.75) is 51.3 Å². The largest absolute Gasteiger partial charge is 0.480 e. The zero-order chi connectivity index (χ0) is 18.9. The van der Waals surface area contributed by atoms with Gasteiger partial charge in [0.25, 0.3) is 0 Å². The molecule has 2 atom stereocenters. The van der Waals surface area contributed by atoms with Crippen LogP contribution in [0.25, 0.3) is 0 Å². The maximum atomic E-state index is 13.0. The number of methoxy groups -OCH3 is 1. The predicted octanol–water partition coefficient (Wildman–Crippen LogP) is 2.69. The van der Waals surface area contributed by atoms with Gasteiger partial charge in [-0.3, -0.25) is 9.69 Å². The molecule has 1 amide bonds. The third-order valence-electron chi connectivity index (χ3n) is 4.73. The highest BCUT2D eigenvalue weighted by Crippen LogP contribution is 2.35. The molecule has 142 valence electrons. The molecular formula is C19H26N2O5. The first kappa shape index (κ1) is 18.6. The molecule has 0 N–H and O–H groups in total. The van der Waals surface area contributed by atoms with E-state index in [1.165, 1.54) is 7.11 Å². The zero-order valence-corrected chi connectivity index (χ0v) is 15.7. The Morgan fingerprint density at radius 1 is 1.23 bits per heavy atom. The molecule has 2 aliphatic heterocycles. The number of carbonyl (C=O) groups is 2. The van der Waals surface area contributed by atoms with E-state index in [4.69, 9.17) is 14.2 Å². The Bertz CT molecular complexity index is 671. The van der Waals surface area contributed by atoms with E-state index in [0.29, 0.717) is 37.5 Å². The predicted molar refractivity (Wildman–Crippen MR) is 94.3 cm³/mol. The van der Waals surface area contributed by atoms with Crippen LogP contribution in [0.4, 0.5) is 4.79 Å². The minimum Gasteiger partial charge on any atom is -0.480 e. The van der Waals surface area contributed by atoms with Crippen LogP contribution >= 0.6 is 0 Å². The normalized spacial score (nSPS) is 25.5. The van der Waals surface area contributed by atoms with Gasteiger partial charge in [-0.25, -0.2) is 9.78 Å². The number of ketones is 1. The summed E-state index contributed by atoms with van der Waals surface area (Å²) in [5.41, 5.74) is -0.0631. The van der Waals surface area contributed by atoms with Gasteiger partial charge < -0.3 is 14.2 Å². The summed E-state index contributed by atoms with van der Waals surface area (Å²) in [4.78, 5) is 31.5. The maximum absolute atomic E-state index is 13.0. The fraction of sp³-hybridized carbons (Fsp3) is 0.632. The minimum atomic E-state index is -0.554. The summed E-state index contributed by atoms with van der Waals surface area (Å²) in [6.07, 6.45) is 2.36. The number of piperidine rings is 1. The number of rotatable bonds is 3. The number of nitrogens with zero attached hydrogens (tertiary/aromatic N) is 2. The molecule has 26 heavy (non-hydrogen) atoms. The molecule has 3 heterocycles. The van der Waals surface area contributed by atoms with E-state index in [2.05, 4.69) is 4.98 Å². The molecule has 2 saturated heterocycles. The topological polar surface area (TPSA) is 78.0 Å². The van der Waals surface area contributed by atoms with E-state index < -0.39 is 5.60 Å². The third kappa shape index (κ3) is 3.82. The Labute approximate surface area is 153 Å². The van der Waals surface area contributed by atoms with Crippen LogP contribution in [0.1, 0.15) is 44.0 Å². The number of ether oxygens (including phenoxy) is 3. The van der Waals surface area contributed by atoms with Crippen molar-refractivity contribution < 1.29 is 23.8 Å². The van der Waals surface area contributed by atoms with Crippen molar-refractivity contribution >= 4 is 11.9 Å². The smallest absolute Gasteiger partial charge is 0.410 e. The number of pyridine rings is 1. The second-order valence-electron chi connectivity index (χ2n) is 7.83. The lowest BCUT2D eigenvalue weighted by molar-refractivity contribution is -0.0861. The number of hydrogen-bond acceptors (Lipinski definition) is 6. The van der Waals surface area contributed by atoms with Crippen LogP contribution in [0, 0.1) is 5.92 Å². The van der Waals surface area contributed by atoms with Crippen LogP contribution in [0.3, 0.4) is 0 Å². The van der Waals surface area contributed by atoms with Crippen molar-refractivity contribution in [1.29, 1.82) is 0 Å². The van der Waals surface area contributed by atoms with Crippen molar-refractivity contribution in [2.24, 2.45) is 5.92 Å². The molecule has 7 nitrogen and oxygen atoms in total. The first-order valence-electron chi connectivity index (χ1n) is 8.92. The van der Waals surface area contributed by atoms with Gasteiger partial charge >= 0.3 is 6.09 Å². The van der Waals surface area contributed by atoms with Gasteiger partial charge in [0.2, 0.25) is 5.88 Å². The molecule has 0 aromatic carbocycles. The number of amides is 1. The monoisotopic (exact) mass is 362 g/mol. The molecule has 0 saturated carbocycles. The fourth-order valence-electron chi connectivity index (χ4n) is 3.70. The molecule has 2 fully saturated rings. The summed E-state index contributed by atoms with van der Waals surface area (Å²) in [7, 11) is 1.51. The van der Waals surface area contributed by atoms with Gasteiger partial charge in [-0.2, -0.15) is 0 Å². The Morgan fingerprint density at radius 2 is 1.88 bits per heavy atom. The molecule has 3 rings (SSSR count). The minimum absolute atomic E-state index is 0.00990. The molecule has 2 aliphatic rings. The number of Topliss-reactive ketones (excluding diaryl/α,β-unsaturated/α-hetero) is 1. The molecule has 0 spiro atoms. The van der Waals surface area contributed by atoms with E-state index in [1.54, 1.807) is 23.2 Å². The lowest BCUT2D eigenvalue weighted by atomic mass is 9.81. The average Bonchev–Trinajstić information content (AvgIpc) is 2.58. The highest BCUT2D eigenvalue weighted by Gasteiger charge is 2.45. The number of aromatic nitrogens is 1. The summed E-state index contributed by atoms with van der Waals surface area (Å²) >= 11 is 0. The second-order valence-corrected chi connectivity index (χ2v) is 7.83. The van der Waals surface area contributed by atoms with Crippen LogP contribution in [0.2, 0.25) is 0 Å². The Hall–Kier alpha value is -2.15. The standard InChI is InChI=1S/C19H26N2O5/c1-19(2,3)26-18(23)21-13-8-12(9-14(21)11-25-10-13)16(22)15-6-5-7-20-17(15)24-4/h5-7,12-14H,8-11H2,1-4H3. The number of carbonyl (C=O) groups excluding carboxylic acids is 2. The van der Waals surface area contributed by atoms with Crippen LogP contribution in [-0.4, -0.2) is 59.8 Å².